The van der Waals surface area contributed by atoms with Gasteiger partial charge in [-0.1, -0.05) is 0 Å². The second-order valence-electron chi connectivity index (χ2n) is 9.53. The molecule has 2 aliphatic rings. The van der Waals surface area contributed by atoms with E-state index >= 15 is 0 Å². The van der Waals surface area contributed by atoms with Crippen molar-refractivity contribution in [1.29, 1.82) is 0 Å². The minimum Gasteiger partial charge on any atom is -0.444 e. The first kappa shape index (κ1) is 24.0. The largest absolute Gasteiger partial charge is 0.444 e. The molecule has 2 N–H and O–H groups in total. The van der Waals surface area contributed by atoms with Crippen LogP contribution in [0.3, 0.4) is 0 Å². The molecule has 4 rings (SSSR count). The molecule has 1 amide bonds. The Morgan fingerprint density at radius 3 is 2.59 bits per heavy atom. The van der Waals surface area contributed by atoms with Crippen molar-refractivity contribution in [3.8, 4) is 0 Å². The highest BCUT2D eigenvalue weighted by Gasteiger charge is 2.26. The summed E-state index contributed by atoms with van der Waals surface area (Å²) in [6.07, 6.45) is 3.08. The predicted molar refractivity (Wildman–Crippen MR) is 129 cm³/mol. The van der Waals surface area contributed by atoms with E-state index < -0.39 is 11.4 Å². The summed E-state index contributed by atoms with van der Waals surface area (Å²) in [5.74, 6) is -0.0487. The van der Waals surface area contributed by atoms with Crippen LogP contribution < -0.4 is 15.5 Å². The van der Waals surface area contributed by atoms with Gasteiger partial charge in [0.25, 0.3) is 0 Å². The van der Waals surface area contributed by atoms with Crippen LogP contribution in [0, 0.1) is 5.82 Å². The molecule has 34 heavy (non-hydrogen) atoms. The molecule has 10 heteroatoms. The summed E-state index contributed by atoms with van der Waals surface area (Å²) in [6.45, 7) is 9.61. The molecule has 184 valence electrons. The molecule has 2 fully saturated rings. The van der Waals surface area contributed by atoms with Gasteiger partial charge in [0.1, 0.15) is 5.60 Å². The van der Waals surface area contributed by atoms with E-state index in [1.165, 1.54) is 0 Å². The number of benzene rings is 1. The van der Waals surface area contributed by atoms with Crippen molar-refractivity contribution < 1.29 is 18.7 Å². The average molecular weight is 473 g/mol. The Kier molecular flexibility index (Phi) is 7.35. The normalized spacial score (nSPS) is 18.6. The molecule has 0 bridgehead atoms. The predicted octanol–water partition coefficient (Wildman–Crippen LogP) is 4.01. The summed E-state index contributed by atoms with van der Waals surface area (Å²) in [7, 11) is 0. The number of rotatable bonds is 6. The van der Waals surface area contributed by atoms with Crippen molar-refractivity contribution in [2.75, 3.05) is 54.9 Å². The van der Waals surface area contributed by atoms with Crippen LogP contribution >= 0.6 is 0 Å². The van der Waals surface area contributed by atoms with Crippen molar-refractivity contribution in [1.82, 2.24) is 14.9 Å². The summed E-state index contributed by atoms with van der Waals surface area (Å²) in [5.41, 5.74) is 1.26. The lowest BCUT2D eigenvalue weighted by molar-refractivity contribution is 0.0240. The van der Waals surface area contributed by atoms with E-state index in [0.717, 1.165) is 37.0 Å². The van der Waals surface area contributed by atoms with Crippen LogP contribution in [0.4, 0.5) is 32.3 Å². The van der Waals surface area contributed by atoms with Gasteiger partial charge in [-0.2, -0.15) is 4.98 Å². The Bertz CT molecular complexity index is 968. The van der Waals surface area contributed by atoms with Crippen molar-refractivity contribution in [3.05, 3.63) is 36.3 Å². The van der Waals surface area contributed by atoms with Gasteiger partial charge in [-0.3, -0.25) is 0 Å². The van der Waals surface area contributed by atoms with E-state index in [4.69, 9.17) is 9.47 Å². The molecule has 0 spiro atoms. The molecule has 1 atom stereocenters. The first-order valence-electron chi connectivity index (χ1n) is 11.7. The SMILES string of the molecule is CC(C)(C)OC(=O)N1CCN(c2ccc(Nc3nc(NCC4CCCO4)ncc3F)cc2)CC1. The molecule has 2 aliphatic heterocycles. The summed E-state index contributed by atoms with van der Waals surface area (Å²) >= 11 is 0. The summed E-state index contributed by atoms with van der Waals surface area (Å²) < 4.78 is 25.3. The molecule has 3 heterocycles. The topological polar surface area (TPSA) is 91.9 Å². The lowest BCUT2D eigenvalue weighted by atomic mass is 10.2. The maximum atomic E-state index is 14.3. The van der Waals surface area contributed by atoms with Crippen LogP contribution in [0.2, 0.25) is 0 Å². The third-order valence-corrected chi connectivity index (χ3v) is 5.68. The molecular formula is C24H33FN6O3. The number of aromatic nitrogens is 2. The first-order valence-corrected chi connectivity index (χ1v) is 11.7. The van der Waals surface area contributed by atoms with E-state index in [2.05, 4.69) is 25.5 Å². The zero-order chi connectivity index (χ0) is 24.1. The lowest BCUT2D eigenvalue weighted by Gasteiger charge is -2.36. The average Bonchev–Trinajstić information content (AvgIpc) is 3.33. The van der Waals surface area contributed by atoms with E-state index in [-0.39, 0.29) is 18.0 Å². The van der Waals surface area contributed by atoms with Gasteiger partial charge in [-0.25, -0.2) is 14.2 Å². The van der Waals surface area contributed by atoms with Crippen LogP contribution in [-0.2, 0) is 9.47 Å². The van der Waals surface area contributed by atoms with Gasteiger partial charge in [0, 0.05) is 50.7 Å². The summed E-state index contributed by atoms with van der Waals surface area (Å²) in [4.78, 5) is 24.5. The molecule has 1 unspecified atom stereocenters. The zero-order valence-electron chi connectivity index (χ0n) is 20.0. The second-order valence-corrected chi connectivity index (χ2v) is 9.53. The number of nitrogens with one attached hydrogen (secondary N) is 2. The molecule has 2 aromatic rings. The quantitative estimate of drug-likeness (QED) is 0.652. The Labute approximate surface area is 199 Å². The lowest BCUT2D eigenvalue weighted by Crippen LogP contribution is -2.50. The summed E-state index contributed by atoms with van der Waals surface area (Å²) in [5, 5.41) is 6.15. The van der Waals surface area contributed by atoms with E-state index in [1.807, 2.05) is 45.0 Å². The third kappa shape index (κ3) is 6.47. The Morgan fingerprint density at radius 1 is 1.21 bits per heavy atom. The van der Waals surface area contributed by atoms with Gasteiger partial charge in [-0.15, -0.1) is 0 Å². The Hall–Kier alpha value is -3.14. The number of carbonyl (C=O) groups is 1. The van der Waals surface area contributed by atoms with Gasteiger partial charge in [0.15, 0.2) is 11.6 Å². The minimum atomic E-state index is -0.523. The van der Waals surface area contributed by atoms with Crippen LogP contribution in [0.1, 0.15) is 33.6 Å². The maximum Gasteiger partial charge on any atom is 0.410 e. The monoisotopic (exact) mass is 472 g/mol. The molecule has 1 aromatic heterocycles. The van der Waals surface area contributed by atoms with Gasteiger partial charge in [0.2, 0.25) is 5.95 Å². The number of nitrogens with zero attached hydrogens (tertiary/aromatic N) is 4. The number of amides is 1. The van der Waals surface area contributed by atoms with Gasteiger partial charge >= 0.3 is 6.09 Å². The number of halogens is 1. The Morgan fingerprint density at radius 2 is 1.94 bits per heavy atom. The first-order chi connectivity index (χ1) is 16.3. The van der Waals surface area contributed by atoms with Crippen molar-refractivity contribution in [2.45, 2.75) is 45.3 Å². The molecule has 0 saturated carbocycles. The zero-order valence-corrected chi connectivity index (χ0v) is 20.0. The minimum absolute atomic E-state index is 0.114. The second kappa shape index (κ2) is 10.4. The fraction of sp³-hybridized carbons (Fsp3) is 0.542. The van der Waals surface area contributed by atoms with Crippen LogP contribution in [-0.4, -0.2) is 72.0 Å². The van der Waals surface area contributed by atoms with Crippen molar-refractivity contribution in [3.63, 3.8) is 0 Å². The third-order valence-electron chi connectivity index (χ3n) is 5.68. The van der Waals surface area contributed by atoms with E-state index in [0.29, 0.717) is 38.7 Å². The number of hydrogen-bond acceptors (Lipinski definition) is 8. The van der Waals surface area contributed by atoms with Crippen LogP contribution in [0.25, 0.3) is 0 Å². The number of piperazine rings is 1. The highest BCUT2D eigenvalue weighted by molar-refractivity contribution is 5.69. The standard InChI is InChI=1S/C24H33FN6O3/c1-24(2,3)34-23(32)31-12-10-30(11-13-31)18-8-6-17(7-9-18)28-21-20(25)16-27-22(29-21)26-15-19-5-4-14-33-19/h6-9,16,19H,4-5,10-15H2,1-3H3,(H2,26,27,28,29). The smallest absolute Gasteiger partial charge is 0.410 e. The summed E-state index contributed by atoms with van der Waals surface area (Å²) in [6, 6.07) is 7.72. The highest BCUT2D eigenvalue weighted by atomic mass is 19.1. The van der Waals surface area contributed by atoms with Crippen molar-refractivity contribution >= 4 is 29.2 Å². The maximum absolute atomic E-state index is 14.3. The van der Waals surface area contributed by atoms with Crippen molar-refractivity contribution in [2.24, 2.45) is 0 Å². The number of hydrogen-bond donors (Lipinski definition) is 2. The number of anilines is 4. The fourth-order valence-corrected chi connectivity index (χ4v) is 3.92. The fourth-order valence-electron chi connectivity index (χ4n) is 3.92. The molecular weight excluding hydrogens is 439 g/mol. The number of carbonyl (C=O) groups excluding carboxylic acids is 1. The van der Waals surface area contributed by atoms with E-state index in [1.54, 1.807) is 4.90 Å². The van der Waals surface area contributed by atoms with E-state index in [9.17, 15) is 9.18 Å². The Balaban J connectivity index is 1.31. The molecule has 2 saturated heterocycles. The molecule has 1 aromatic carbocycles. The molecule has 9 nitrogen and oxygen atoms in total. The van der Waals surface area contributed by atoms with Gasteiger partial charge in [0.05, 0.1) is 12.3 Å². The highest BCUT2D eigenvalue weighted by Crippen LogP contribution is 2.24. The molecule has 0 radical (unpaired) electrons. The van der Waals surface area contributed by atoms with Crippen LogP contribution in [0.15, 0.2) is 30.5 Å². The van der Waals surface area contributed by atoms with Crippen LogP contribution in [0.5, 0.6) is 0 Å². The number of ether oxygens (including phenoxy) is 2. The van der Waals surface area contributed by atoms with Gasteiger partial charge < -0.3 is 29.9 Å². The molecule has 0 aliphatic carbocycles. The van der Waals surface area contributed by atoms with Gasteiger partial charge in [-0.05, 0) is 57.9 Å².